The maximum absolute atomic E-state index is 6.58. The van der Waals surface area contributed by atoms with E-state index < -0.39 is 0 Å². The third kappa shape index (κ3) is 6.34. The molecule has 1 aliphatic rings. The second-order valence-electron chi connectivity index (χ2n) is 15.4. The lowest BCUT2D eigenvalue weighted by Gasteiger charge is -2.10. The van der Waals surface area contributed by atoms with Gasteiger partial charge >= 0.3 is 0 Å². The fourth-order valence-electron chi connectivity index (χ4n) is 8.67. The summed E-state index contributed by atoms with van der Waals surface area (Å²) in [6, 6.07) is 71.0. The number of allylic oxidation sites excluding steroid dienone is 1. The summed E-state index contributed by atoms with van der Waals surface area (Å²) < 4.78 is 6.58. The first-order valence-electron chi connectivity index (χ1n) is 20.2. The van der Waals surface area contributed by atoms with E-state index in [4.69, 9.17) is 14.4 Å². The van der Waals surface area contributed by atoms with Crippen molar-refractivity contribution in [2.45, 2.75) is 13.3 Å². The van der Waals surface area contributed by atoms with Crippen molar-refractivity contribution in [2.24, 2.45) is 9.98 Å². The molecular weight excluding hydrogens is 717 g/mol. The van der Waals surface area contributed by atoms with Crippen molar-refractivity contribution in [3.05, 3.63) is 222 Å². The maximum atomic E-state index is 6.58. The molecule has 3 nitrogen and oxygen atoms in total. The summed E-state index contributed by atoms with van der Waals surface area (Å²) in [5, 5.41) is 7.22. The van der Waals surface area contributed by atoms with E-state index in [-0.39, 0.29) is 0 Å². The second-order valence-corrected chi connectivity index (χ2v) is 15.4. The lowest BCUT2D eigenvalue weighted by molar-refractivity contribution is 0.669. The molecule has 278 valence electrons. The smallest absolute Gasteiger partial charge is 0.160 e. The predicted molar refractivity (Wildman–Crippen MR) is 248 cm³/mol. The number of amidine groups is 1. The van der Waals surface area contributed by atoms with Crippen molar-refractivity contribution in [2.75, 3.05) is 0 Å². The number of aliphatic imine (C=N–C) groups is 2. The highest BCUT2D eigenvalue weighted by atomic mass is 16.3. The Morgan fingerprint density at radius 3 is 1.83 bits per heavy atom. The number of furan rings is 1. The predicted octanol–water partition coefficient (Wildman–Crippen LogP) is 15.0. The molecule has 0 fully saturated rings. The average molecular weight is 755 g/mol. The molecule has 0 saturated carbocycles. The molecule has 2 heterocycles. The van der Waals surface area contributed by atoms with Crippen LogP contribution < -0.4 is 0 Å². The average Bonchev–Trinajstić information content (AvgIpc) is 3.59. The largest absolute Gasteiger partial charge is 0.456 e. The Balaban J connectivity index is 0.972. The zero-order valence-corrected chi connectivity index (χ0v) is 32.6. The van der Waals surface area contributed by atoms with Gasteiger partial charge in [-0.25, -0.2) is 9.98 Å². The van der Waals surface area contributed by atoms with Crippen LogP contribution in [0, 0.1) is 0 Å². The molecule has 1 aromatic heterocycles. The van der Waals surface area contributed by atoms with Crippen molar-refractivity contribution in [3.8, 4) is 33.4 Å². The minimum atomic E-state index is 0.697. The van der Waals surface area contributed by atoms with Crippen molar-refractivity contribution in [3.63, 3.8) is 0 Å². The molecule has 0 bridgehead atoms. The summed E-state index contributed by atoms with van der Waals surface area (Å²) in [5.74, 6) is 0.702. The van der Waals surface area contributed by atoms with Crippen LogP contribution in [0.5, 0.6) is 0 Å². The van der Waals surface area contributed by atoms with E-state index in [9.17, 15) is 0 Å². The SMILES string of the molecule is CC1=C(c2ccccc2)N=C(c2ccc(-c3cccc4oc5cc(-c6ccc7ccc8ccccc8c7c6)ccc5c34)cc2)N=C(c2cccc(-c3ccccc3)c2)C1. The van der Waals surface area contributed by atoms with Gasteiger partial charge in [-0.05, 0) is 103 Å². The summed E-state index contributed by atoms with van der Waals surface area (Å²) >= 11 is 0. The Labute approximate surface area is 343 Å². The number of rotatable bonds is 6. The fourth-order valence-corrected chi connectivity index (χ4v) is 8.67. The first kappa shape index (κ1) is 34.6. The van der Waals surface area contributed by atoms with Crippen LogP contribution in [0.4, 0.5) is 0 Å². The molecule has 0 saturated heterocycles. The molecule has 0 amide bonds. The van der Waals surface area contributed by atoms with Crippen molar-refractivity contribution in [1.29, 1.82) is 0 Å². The normalized spacial score (nSPS) is 13.2. The lowest BCUT2D eigenvalue weighted by Crippen LogP contribution is -2.06. The van der Waals surface area contributed by atoms with Crippen LogP contribution in [0.25, 0.3) is 82.6 Å². The first-order valence-corrected chi connectivity index (χ1v) is 20.2. The van der Waals surface area contributed by atoms with Gasteiger partial charge < -0.3 is 4.42 Å². The molecular formula is C56H38N2O. The zero-order chi connectivity index (χ0) is 39.3. The Morgan fingerprint density at radius 2 is 1.00 bits per heavy atom. The van der Waals surface area contributed by atoms with Gasteiger partial charge in [0.05, 0.1) is 11.4 Å². The highest BCUT2D eigenvalue weighted by molar-refractivity contribution is 6.17. The van der Waals surface area contributed by atoms with Gasteiger partial charge in [0.25, 0.3) is 0 Å². The highest BCUT2D eigenvalue weighted by Gasteiger charge is 2.19. The zero-order valence-electron chi connectivity index (χ0n) is 32.6. The Hall–Kier alpha value is -7.62. The minimum absolute atomic E-state index is 0.697. The molecule has 59 heavy (non-hydrogen) atoms. The van der Waals surface area contributed by atoms with Crippen molar-refractivity contribution >= 4 is 60.7 Å². The molecule has 1 aliphatic heterocycles. The summed E-state index contributed by atoms with van der Waals surface area (Å²) in [6.45, 7) is 2.18. The van der Waals surface area contributed by atoms with E-state index in [1.165, 1.54) is 43.8 Å². The van der Waals surface area contributed by atoms with E-state index in [0.29, 0.717) is 12.3 Å². The van der Waals surface area contributed by atoms with Crippen LogP contribution in [-0.4, -0.2) is 11.5 Å². The first-order chi connectivity index (χ1) is 29.1. The molecule has 0 aliphatic carbocycles. The molecule has 3 heteroatoms. The standard InChI is InChI=1S/C56H38N2O/c1-36-32-51(46-18-10-17-43(33-46)37-12-4-2-5-13-37)57-56(58-55(36)41-15-6-3-7-16-41)42-27-24-39(25-28-42)48-20-11-21-52-54(48)49-31-30-45(35-53(49)59-52)44-29-26-40-23-22-38-14-8-9-19-47(38)50(40)34-44/h2-31,33-35H,32H2,1H3. The molecule has 9 aromatic carbocycles. The van der Waals surface area contributed by atoms with E-state index in [1.807, 2.05) is 6.07 Å². The summed E-state index contributed by atoms with van der Waals surface area (Å²) in [7, 11) is 0. The summed E-state index contributed by atoms with van der Waals surface area (Å²) in [5.41, 5.74) is 14.9. The number of nitrogens with zero attached hydrogens (tertiary/aromatic N) is 2. The van der Waals surface area contributed by atoms with Gasteiger partial charge in [0.15, 0.2) is 5.84 Å². The van der Waals surface area contributed by atoms with Crippen LogP contribution in [0.2, 0.25) is 0 Å². The van der Waals surface area contributed by atoms with Crippen LogP contribution in [-0.2, 0) is 0 Å². The molecule has 0 unspecified atom stereocenters. The van der Waals surface area contributed by atoms with Gasteiger partial charge in [0.2, 0.25) is 0 Å². The number of hydrogen-bond donors (Lipinski definition) is 0. The molecule has 11 rings (SSSR count). The Kier molecular flexibility index (Phi) is 8.45. The third-order valence-corrected chi connectivity index (χ3v) is 11.7. The molecule has 0 N–H and O–H groups in total. The summed E-state index contributed by atoms with van der Waals surface area (Å²) in [6.07, 6.45) is 0.697. The monoisotopic (exact) mass is 754 g/mol. The van der Waals surface area contributed by atoms with Gasteiger partial charge in [-0.2, -0.15) is 0 Å². The highest BCUT2D eigenvalue weighted by Crippen LogP contribution is 2.39. The Morgan fingerprint density at radius 1 is 0.390 bits per heavy atom. The molecule has 0 atom stereocenters. The van der Waals surface area contributed by atoms with Crippen molar-refractivity contribution < 1.29 is 4.42 Å². The van der Waals surface area contributed by atoms with Crippen LogP contribution >= 0.6 is 0 Å². The van der Waals surface area contributed by atoms with Crippen LogP contribution in [0.3, 0.4) is 0 Å². The number of benzene rings is 9. The number of fused-ring (bicyclic) bond motifs is 6. The fraction of sp³-hybridized carbons (Fsp3) is 0.0357. The maximum Gasteiger partial charge on any atom is 0.160 e. The van der Waals surface area contributed by atoms with Crippen LogP contribution in [0.1, 0.15) is 30.0 Å². The topological polar surface area (TPSA) is 37.9 Å². The van der Waals surface area contributed by atoms with Crippen LogP contribution in [0.15, 0.2) is 220 Å². The Bertz CT molecular complexity index is 3330. The molecule has 0 spiro atoms. The quantitative estimate of drug-likeness (QED) is 0.156. The third-order valence-electron chi connectivity index (χ3n) is 11.7. The van der Waals surface area contributed by atoms with E-state index in [2.05, 4.69) is 201 Å². The van der Waals surface area contributed by atoms with Gasteiger partial charge in [0.1, 0.15) is 11.2 Å². The number of hydrogen-bond acceptors (Lipinski definition) is 3. The van der Waals surface area contributed by atoms with Crippen molar-refractivity contribution in [1.82, 2.24) is 0 Å². The van der Waals surface area contributed by atoms with E-state index in [1.54, 1.807) is 0 Å². The van der Waals surface area contributed by atoms with Gasteiger partial charge in [-0.3, -0.25) is 0 Å². The minimum Gasteiger partial charge on any atom is -0.456 e. The second kappa shape index (κ2) is 14.4. The van der Waals surface area contributed by atoms with Gasteiger partial charge in [-0.1, -0.05) is 170 Å². The van der Waals surface area contributed by atoms with Gasteiger partial charge in [0, 0.05) is 28.3 Å². The van der Waals surface area contributed by atoms with Gasteiger partial charge in [-0.15, -0.1) is 0 Å². The summed E-state index contributed by atoms with van der Waals surface area (Å²) in [4.78, 5) is 10.6. The lowest BCUT2D eigenvalue weighted by atomic mass is 9.95. The molecule has 0 radical (unpaired) electrons. The van der Waals surface area contributed by atoms with E-state index >= 15 is 0 Å². The molecule has 10 aromatic rings. The van der Waals surface area contributed by atoms with E-state index in [0.717, 1.165) is 66.7 Å².